The van der Waals surface area contributed by atoms with Gasteiger partial charge in [0.05, 0.1) is 25.2 Å². The molecule has 0 unspecified atom stereocenters. The Balaban J connectivity index is 1.56. The van der Waals surface area contributed by atoms with Gasteiger partial charge < -0.3 is 21.3 Å². The first kappa shape index (κ1) is 24.9. The van der Waals surface area contributed by atoms with Gasteiger partial charge in [0, 0.05) is 0 Å². The molecule has 6 amide bonds. The molecular formula is C20H28N6O8S. The van der Waals surface area contributed by atoms with Crippen LogP contribution in [0.5, 0.6) is 0 Å². The highest BCUT2D eigenvalue weighted by Crippen LogP contribution is 2.36. The van der Waals surface area contributed by atoms with Crippen molar-refractivity contribution in [3.63, 3.8) is 0 Å². The molecule has 0 saturated carbocycles. The van der Waals surface area contributed by atoms with E-state index in [1.165, 1.54) is 0 Å². The summed E-state index contributed by atoms with van der Waals surface area (Å²) in [6, 6.07) is -5.48. The second-order valence-electron chi connectivity index (χ2n) is 9.47. The van der Waals surface area contributed by atoms with Gasteiger partial charge in [-0.2, -0.15) is 18.5 Å². The molecule has 0 radical (unpaired) electrons. The van der Waals surface area contributed by atoms with Crippen LogP contribution in [0.15, 0.2) is 23.3 Å². The predicted molar refractivity (Wildman–Crippen MR) is 118 cm³/mol. The summed E-state index contributed by atoms with van der Waals surface area (Å²) in [5.74, 6) is -1.79. The number of primary amides is 2. The summed E-state index contributed by atoms with van der Waals surface area (Å²) >= 11 is 0. The van der Waals surface area contributed by atoms with Gasteiger partial charge >= 0.3 is 22.5 Å². The zero-order chi connectivity index (χ0) is 26.0. The summed E-state index contributed by atoms with van der Waals surface area (Å²) in [4.78, 5) is 52.1. The van der Waals surface area contributed by atoms with E-state index in [9.17, 15) is 27.6 Å². The van der Waals surface area contributed by atoms with E-state index in [0.29, 0.717) is 21.3 Å². The standard InChI is InChI=1S/C20H28N6O8S/c1-9(2)13-5-11-7-23(15(13)17(21)27)19(29)25(11)33-35(31,32)34-26-12-6-14(10(3)4)16(18(22)28)24(8-12)20(26)30/h5-6,9-12,15-16H,7-8H2,1-4H3,(H2,21,27)(H2,22,28)/t11-,12-,15+,16+/m1/s1. The van der Waals surface area contributed by atoms with Crippen LogP contribution in [0.1, 0.15) is 27.7 Å². The third-order valence-electron chi connectivity index (χ3n) is 6.48. The Labute approximate surface area is 202 Å². The minimum absolute atomic E-state index is 0.0159. The lowest BCUT2D eigenvalue weighted by molar-refractivity contribution is -0.122. The molecule has 0 aromatic carbocycles. The molecule has 4 aliphatic heterocycles. The first-order valence-electron chi connectivity index (χ1n) is 11.1. The molecule has 0 spiro atoms. The summed E-state index contributed by atoms with van der Waals surface area (Å²) < 4.78 is 35.5. The minimum atomic E-state index is -4.98. The first-order valence-corrected chi connectivity index (χ1v) is 12.4. The number of hydrogen-bond donors (Lipinski definition) is 2. The van der Waals surface area contributed by atoms with Crippen molar-refractivity contribution < 1.29 is 36.2 Å². The SMILES string of the molecule is CC(C)C1=C[C@@H]2CN(C(=O)N2OS(=O)(=O)ON2C(=O)N3C[C@H]2C=C(C(C)C)[C@H]3C(N)=O)[C@@H]1C(N)=O. The Bertz CT molecular complexity index is 1070. The highest BCUT2D eigenvalue weighted by atomic mass is 32.3. The van der Waals surface area contributed by atoms with E-state index in [0.717, 1.165) is 9.80 Å². The molecule has 2 saturated heterocycles. The zero-order valence-electron chi connectivity index (χ0n) is 19.7. The van der Waals surface area contributed by atoms with Gasteiger partial charge in [0.25, 0.3) is 0 Å². The lowest BCUT2D eigenvalue weighted by Gasteiger charge is -2.31. The number of hydroxylamine groups is 4. The smallest absolute Gasteiger partial charge is 0.368 e. The van der Waals surface area contributed by atoms with Crippen LogP contribution in [0, 0.1) is 11.8 Å². The fourth-order valence-electron chi connectivity index (χ4n) is 4.94. The van der Waals surface area contributed by atoms with Crippen LogP contribution < -0.4 is 11.5 Å². The number of nitrogens with two attached hydrogens (primary N) is 2. The number of carbonyl (C=O) groups is 4. The number of amides is 6. The summed E-state index contributed by atoms with van der Waals surface area (Å²) in [5.41, 5.74) is 12.1. The Morgan fingerprint density at radius 1 is 0.829 bits per heavy atom. The van der Waals surface area contributed by atoms with Crippen molar-refractivity contribution in [2.75, 3.05) is 13.1 Å². The highest BCUT2D eigenvalue weighted by Gasteiger charge is 2.52. The highest BCUT2D eigenvalue weighted by molar-refractivity contribution is 7.81. The second-order valence-corrected chi connectivity index (χ2v) is 10.6. The van der Waals surface area contributed by atoms with Crippen molar-refractivity contribution in [1.29, 1.82) is 0 Å². The van der Waals surface area contributed by atoms with E-state index < -0.39 is 58.4 Å². The molecule has 2 fully saturated rings. The summed E-state index contributed by atoms with van der Waals surface area (Å²) in [6.07, 6.45) is 3.15. The minimum Gasteiger partial charge on any atom is -0.368 e. The van der Waals surface area contributed by atoms with Gasteiger partial charge in [-0.05, 0) is 23.0 Å². The van der Waals surface area contributed by atoms with E-state index in [1.54, 1.807) is 12.2 Å². The molecule has 35 heavy (non-hydrogen) atoms. The molecular weight excluding hydrogens is 484 g/mol. The van der Waals surface area contributed by atoms with Gasteiger partial charge in [-0.1, -0.05) is 39.8 Å². The fraction of sp³-hybridized carbons (Fsp3) is 0.600. The van der Waals surface area contributed by atoms with Gasteiger partial charge in [0.15, 0.2) is 0 Å². The van der Waals surface area contributed by atoms with E-state index >= 15 is 0 Å². The van der Waals surface area contributed by atoms with Crippen molar-refractivity contribution in [3.8, 4) is 0 Å². The van der Waals surface area contributed by atoms with Gasteiger partial charge in [-0.15, -0.1) is 8.57 Å². The molecule has 4 rings (SSSR count). The van der Waals surface area contributed by atoms with Gasteiger partial charge in [-0.25, -0.2) is 9.59 Å². The number of rotatable bonds is 8. The van der Waals surface area contributed by atoms with Crippen LogP contribution in [0.3, 0.4) is 0 Å². The van der Waals surface area contributed by atoms with Crippen LogP contribution in [0.2, 0.25) is 0 Å². The average molecular weight is 513 g/mol. The van der Waals surface area contributed by atoms with Gasteiger partial charge in [0.2, 0.25) is 11.8 Å². The Hall–Kier alpha value is -3.17. The molecule has 15 heteroatoms. The van der Waals surface area contributed by atoms with Crippen LogP contribution in [-0.2, 0) is 28.6 Å². The predicted octanol–water partition coefficient (Wildman–Crippen LogP) is -0.793. The van der Waals surface area contributed by atoms with Gasteiger partial charge in [-0.3, -0.25) is 9.59 Å². The quantitative estimate of drug-likeness (QED) is 0.396. The van der Waals surface area contributed by atoms with Crippen molar-refractivity contribution in [2.45, 2.75) is 51.9 Å². The number of carbonyl (C=O) groups excluding carboxylic acids is 4. The average Bonchev–Trinajstić information content (AvgIpc) is 3.12. The van der Waals surface area contributed by atoms with Crippen molar-refractivity contribution in [2.24, 2.45) is 23.3 Å². The Morgan fingerprint density at radius 3 is 1.46 bits per heavy atom. The van der Waals surface area contributed by atoms with Crippen LogP contribution >= 0.6 is 0 Å². The molecule has 4 heterocycles. The molecule has 0 aliphatic carbocycles. The largest absolute Gasteiger partial charge is 0.442 e. The topological polar surface area (TPSA) is 186 Å². The lowest BCUT2D eigenvalue weighted by Crippen LogP contribution is -2.49. The number of urea groups is 2. The molecule has 4 bridgehead atoms. The van der Waals surface area contributed by atoms with Crippen LogP contribution in [0.4, 0.5) is 9.59 Å². The Morgan fingerprint density at radius 2 is 1.17 bits per heavy atom. The maximum Gasteiger partial charge on any atom is 0.442 e. The summed E-state index contributed by atoms with van der Waals surface area (Å²) in [5, 5.41) is 1.16. The molecule has 0 aromatic rings. The zero-order valence-corrected chi connectivity index (χ0v) is 20.5. The molecule has 0 aromatic heterocycles. The maximum absolute atomic E-state index is 12.9. The second kappa shape index (κ2) is 8.49. The normalized spacial score (nSPS) is 28.3. The number of fused-ring (bicyclic) bond motifs is 4. The van der Waals surface area contributed by atoms with Crippen molar-refractivity contribution in [3.05, 3.63) is 23.3 Å². The molecule has 192 valence electrons. The third-order valence-corrected chi connectivity index (χ3v) is 7.16. The van der Waals surface area contributed by atoms with E-state index in [2.05, 4.69) is 0 Å². The Kier molecular flexibility index (Phi) is 6.05. The molecule has 4 aliphatic rings. The van der Waals surface area contributed by atoms with Crippen molar-refractivity contribution >= 4 is 34.3 Å². The molecule has 4 N–H and O–H groups in total. The van der Waals surface area contributed by atoms with Gasteiger partial charge in [0.1, 0.15) is 12.1 Å². The monoisotopic (exact) mass is 512 g/mol. The fourth-order valence-corrected chi connectivity index (χ4v) is 5.71. The summed E-state index contributed by atoms with van der Waals surface area (Å²) in [7, 11) is -4.98. The number of nitrogens with zero attached hydrogens (tertiary/aromatic N) is 4. The van der Waals surface area contributed by atoms with E-state index in [4.69, 9.17) is 20.0 Å². The molecule has 4 atom stereocenters. The van der Waals surface area contributed by atoms with Crippen molar-refractivity contribution in [1.82, 2.24) is 19.9 Å². The summed E-state index contributed by atoms with van der Waals surface area (Å²) in [6.45, 7) is 7.22. The van der Waals surface area contributed by atoms with Crippen LogP contribution in [-0.4, -0.2) is 89.5 Å². The maximum atomic E-state index is 12.9. The van der Waals surface area contributed by atoms with Crippen LogP contribution in [0.25, 0.3) is 0 Å². The van der Waals surface area contributed by atoms with E-state index in [1.807, 2.05) is 27.7 Å². The van der Waals surface area contributed by atoms with E-state index in [-0.39, 0.29) is 24.9 Å². The first-order chi connectivity index (χ1) is 16.2. The number of hydrogen-bond acceptors (Lipinski definition) is 8. The molecule has 14 nitrogen and oxygen atoms in total. The lowest BCUT2D eigenvalue weighted by atomic mass is 9.90. The third kappa shape index (κ3) is 4.12.